The number of amides is 3. The van der Waals surface area contributed by atoms with E-state index < -0.39 is 17.7 Å². The summed E-state index contributed by atoms with van der Waals surface area (Å²) >= 11 is 6.75. The van der Waals surface area contributed by atoms with E-state index in [4.69, 9.17) is 0 Å². The number of benzene rings is 3. The van der Waals surface area contributed by atoms with Gasteiger partial charge in [0.2, 0.25) is 0 Å². The zero-order chi connectivity index (χ0) is 24.4. The summed E-state index contributed by atoms with van der Waals surface area (Å²) in [6.07, 6.45) is 0. The van der Waals surface area contributed by atoms with E-state index in [0.717, 1.165) is 20.1 Å². The fraction of sp³-hybridized carbons (Fsp3) is 0.0800. The lowest BCUT2D eigenvalue weighted by Crippen LogP contribution is -2.36. The Hall–Kier alpha value is -3.43. The van der Waals surface area contributed by atoms with Gasteiger partial charge in [0.05, 0.1) is 5.52 Å². The number of hydrogen-bond donors (Lipinski definition) is 3. The Morgan fingerprint density at radius 3 is 2.03 bits per heavy atom. The summed E-state index contributed by atoms with van der Waals surface area (Å²) in [6.45, 7) is 3.89. The Balaban J connectivity index is 1.63. The Bertz CT molecular complexity index is 1410. The van der Waals surface area contributed by atoms with Crippen molar-refractivity contribution in [2.24, 2.45) is 0 Å². The van der Waals surface area contributed by atoms with Crippen molar-refractivity contribution in [3.05, 3.63) is 92.5 Å². The predicted octanol–water partition coefficient (Wildman–Crippen LogP) is 5.74. The Labute approximate surface area is 212 Å². The SMILES string of the molecule is Cc1cc(C)cc(NC(=O)c2cc3cc(Br)ccc3n2NC(=O)C(=O)Nc2ccc(Br)cc2)c1. The molecule has 3 aromatic carbocycles. The molecule has 0 atom stereocenters. The minimum atomic E-state index is -0.913. The van der Waals surface area contributed by atoms with Gasteiger partial charge in [0, 0.05) is 25.7 Å². The summed E-state index contributed by atoms with van der Waals surface area (Å²) in [4.78, 5) is 38.4. The molecular formula is C25H20Br2N4O3. The van der Waals surface area contributed by atoms with Crippen LogP contribution in [0, 0.1) is 13.8 Å². The van der Waals surface area contributed by atoms with Crippen LogP contribution in [0.3, 0.4) is 0 Å². The molecule has 0 fully saturated rings. The quantitative estimate of drug-likeness (QED) is 0.267. The van der Waals surface area contributed by atoms with Gasteiger partial charge in [-0.15, -0.1) is 0 Å². The maximum atomic E-state index is 13.2. The standard InChI is InChI=1S/C25H20Br2N4O3/c1-14-9-15(2)11-20(10-14)29-23(32)22-13-16-12-18(27)5-8-21(16)31(22)30-25(34)24(33)28-19-6-3-17(26)4-7-19/h3-13H,1-2H3,(H,28,33)(H,29,32)(H,30,34). The number of fused-ring (bicyclic) bond motifs is 1. The van der Waals surface area contributed by atoms with Crippen LogP contribution in [-0.2, 0) is 9.59 Å². The van der Waals surface area contributed by atoms with Crippen molar-refractivity contribution >= 4 is 71.9 Å². The number of nitrogens with zero attached hydrogens (tertiary/aromatic N) is 1. The number of rotatable bonds is 4. The van der Waals surface area contributed by atoms with Crippen molar-refractivity contribution in [3.8, 4) is 0 Å². The van der Waals surface area contributed by atoms with Crippen LogP contribution in [0.4, 0.5) is 11.4 Å². The smallest absolute Gasteiger partial charge is 0.321 e. The normalized spacial score (nSPS) is 10.7. The van der Waals surface area contributed by atoms with Crippen molar-refractivity contribution < 1.29 is 14.4 Å². The van der Waals surface area contributed by atoms with Crippen LogP contribution in [0.25, 0.3) is 10.9 Å². The molecule has 0 spiro atoms. The first-order valence-corrected chi connectivity index (χ1v) is 11.9. The van der Waals surface area contributed by atoms with Gasteiger partial charge in [-0.05, 0) is 85.6 Å². The zero-order valence-electron chi connectivity index (χ0n) is 18.3. The van der Waals surface area contributed by atoms with Crippen molar-refractivity contribution in [2.75, 3.05) is 16.1 Å². The third-order valence-corrected chi connectivity index (χ3v) is 6.02. The van der Waals surface area contributed by atoms with Crippen molar-refractivity contribution in [1.29, 1.82) is 0 Å². The predicted molar refractivity (Wildman–Crippen MR) is 141 cm³/mol. The lowest BCUT2D eigenvalue weighted by atomic mass is 10.1. The number of aromatic nitrogens is 1. The second kappa shape index (κ2) is 9.82. The topological polar surface area (TPSA) is 92.2 Å². The summed E-state index contributed by atoms with van der Waals surface area (Å²) in [6, 6.07) is 19.6. The molecule has 3 N–H and O–H groups in total. The molecule has 0 unspecified atom stereocenters. The van der Waals surface area contributed by atoms with Crippen LogP contribution in [0.1, 0.15) is 21.6 Å². The minimum absolute atomic E-state index is 0.178. The third kappa shape index (κ3) is 5.37. The van der Waals surface area contributed by atoms with Gasteiger partial charge < -0.3 is 10.6 Å². The van der Waals surface area contributed by atoms with Gasteiger partial charge in [0.25, 0.3) is 5.91 Å². The van der Waals surface area contributed by atoms with Gasteiger partial charge in [-0.2, -0.15) is 0 Å². The van der Waals surface area contributed by atoms with E-state index in [0.29, 0.717) is 22.3 Å². The van der Waals surface area contributed by atoms with Crippen LogP contribution < -0.4 is 16.1 Å². The van der Waals surface area contributed by atoms with E-state index in [1.165, 1.54) is 4.68 Å². The highest BCUT2D eigenvalue weighted by Gasteiger charge is 2.21. The van der Waals surface area contributed by atoms with Gasteiger partial charge in [-0.25, -0.2) is 4.68 Å². The first-order valence-electron chi connectivity index (χ1n) is 10.3. The van der Waals surface area contributed by atoms with Crippen LogP contribution in [0.2, 0.25) is 0 Å². The Morgan fingerprint density at radius 2 is 1.35 bits per heavy atom. The molecule has 34 heavy (non-hydrogen) atoms. The van der Waals surface area contributed by atoms with Crippen molar-refractivity contribution in [3.63, 3.8) is 0 Å². The van der Waals surface area contributed by atoms with E-state index in [9.17, 15) is 14.4 Å². The number of carbonyl (C=O) groups excluding carboxylic acids is 3. The summed E-state index contributed by atoms with van der Waals surface area (Å²) in [5, 5.41) is 6.14. The maximum Gasteiger partial charge on any atom is 0.328 e. The highest BCUT2D eigenvalue weighted by molar-refractivity contribution is 9.10. The van der Waals surface area contributed by atoms with Gasteiger partial charge in [-0.3, -0.25) is 19.8 Å². The molecule has 0 radical (unpaired) electrons. The number of aryl methyl sites for hydroxylation is 2. The Kier molecular flexibility index (Phi) is 6.85. The lowest BCUT2D eigenvalue weighted by molar-refractivity contribution is -0.133. The van der Waals surface area contributed by atoms with Gasteiger partial charge in [-0.1, -0.05) is 37.9 Å². The number of nitrogens with one attached hydrogen (secondary N) is 3. The largest absolute Gasteiger partial charge is 0.328 e. The summed E-state index contributed by atoms with van der Waals surface area (Å²) in [5.74, 6) is -2.20. The molecule has 0 aliphatic heterocycles. The summed E-state index contributed by atoms with van der Waals surface area (Å²) < 4.78 is 2.99. The third-order valence-electron chi connectivity index (χ3n) is 5.00. The van der Waals surface area contributed by atoms with Gasteiger partial charge in [0.15, 0.2) is 0 Å². The zero-order valence-corrected chi connectivity index (χ0v) is 21.5. The molecule has 1 heterocycles. The molecule has 172 valence electrons. The monoisotopic (exact) mass is 582 g/mol. The van der Waals surface area contributed by atoms with E-state index in [1.54, 1.807) is 42.5 Å². The molecule has 0 aliphatic carbocycles. The van der Waals surface area contributed by atoms with E-state index in [2.05, 4.69) is 47.9 Å². The van der Waals surface area contributed by atoms with E-state index >= 15 is 0 Å². The number of anilines is 2. The summed E-state index contributed by atoms with van der Waals surface area (Å²) in [5.41, 5.74) is 6.43. The molecule has 0 bridgehead atoms. The van der Waals surface area contributed by atoms with E-state index in [-0.39, 0.29) is 5.69 Å². The lowest BCUT2D eigenvalue weighted by Gasteiger charge is -2.13. The highest BCUT2D eigenvalue weighted by Crippen LogP contribution is 2.24. The molecule has 1 aromatic heterocycles. The number of carbonyl (C=O) groups is 3. The molecule has 0 saturated heterocycles. The van der Waals surface area contributed by atoms with Gasteiger partial charge in [0.1, 0.15) is 5.69 Å². The molecule has 4 rings (SSSR count). The minimum Gasteiger partial charge on any atom is -0.321 e. The Morgan fingerprint density at radius 1 is 0.706 bits per heavy atom. The van der Waals surface area contributed by atoms with Crippen LogP contribution in [-0.4, -0.2) is 22.4 Å². The molecule has 3 amide bonds. The number of hydrogen-bond acceptors (Lipinski definition) is 3. The fourth-order valence-corrected chi connectivity index (χ4v) is 4.23. The van der Waals surface area contributed by atoms with Crippen molar-refractivity contribution in [2.45, 2.75) is 13.8 Å². The van der Waals surface area contributed by atoms with Crippen LogP contribution in [0.5, 0.6) is 0 Å². The second-order valence-electron chi connectivity index (χ2n) is 7.80. The molecule has 9 heteroatoms. The summed E-state index contributed by atoms with van der Waals surface area (Å²) in [7, 11) is 0. The second-order valence-corrected chi connectivity index (χ2v) is 9.63. The fourth-order valence-electron chi connectivity index (χ4n) is 3.59. The molecular weight excluding hydrogens is 564 g/mol. The van der Waals surface area contributed by atoms with E-state index in [1.807, 2.05) is 38.1 Å². The average molecular weight is 584 g/mol. The molecule has 0 saturated carbocycles. The highest BCUT2D eigenvalue weighted by atomic mass is 79.9. The van der Waals surface area contributed by atoms with Crippen LogP contribution >= 0.6 is 31.9 Å². The first-order chi connectivity index (χ1) is 16.2. The molecule has 0 aliphatic rings. The maximum absolute atomic E-state index is 13.2. The van der Waals surface area contributed by atoms with Gasteiger partial charge >= 0.3 is 11.8 Å². The molecule has 4 aromatic rings. The first kappa shape index (κ1) is 23.7. The molecule has 7 nitrogen and oxygen atoms in total. The number of halogens is 2. The van der Waals surface area contributed by atoms with Crippen LogP contribution in [0.15, 0.2) is 75.7 Å². The van der Waals surface area contributed by atoms with Crippen molar-refractivity contribution in [1.82, 2.24) is 4.68 Å². The average Bonchev–Trinajstić information content (AvgIpc) is 3.12.